The molecular weight excluding hydrogens is 178 g/mol. The summed E-state index contributed by atoms with van der Waals surface area (Å²) in [6, 6.07) is 5.85. The van der Waals surface area contributed by atoms with E-state index in [-0.39, 0.29) is 0 Å². The van der Waals surface area contributed by atoms with E-state index in [2.05, 4.69) is 25.1 Å². The van der Waals surface area contributed by atoms with Crippen LogP contribution < -0.4 is 9.88 Å². The third-order valence-corrected chi connectivity index (χ3v) is 2.32. The maximum absolute atomic E-state index is 4.28. The van der Waals surface area contributed by atoms with Crippen molar-refractivity contribution in [1.82, 2.24) is 15.2 Å². The highest BCUT2D eigenvalue weighted by molar-refractivity contribution is 5.45. The molecule has 2 aromatic heterocycles. The van der Waals surface area contributed by atoms with Crippen molar-refractivity contribution < 1.29 is 4.57 Å². The minimum absolute atomic E-state index is 0.894. The molecule has 5 heteroatoms. The Labute approximate surface area is 80.8 Å². The first-order valence-electron chi connectivity index (χ1n) is 4.58. The summed E-state index contributed by atoms with van der Waals surface area (Å²) in [4.78, 5) is 4.28. The number of anilines is 1. The number of H-pyrrole nitrogens is 1. The van der Waals surface area contributed by atoms with Gasteiger partial charge >= 0.3 is 5.95 Å². The van der Waals surface area contributed by atoms with Gasteiger partial charge in [0.25, 0.3) is 5.82 Å². The van der Waals surface area contributed by atoms with Gasteiger partial charge in [-0.15, -0.1) is 0 Å². The van der Waals surface area contributed by atoms with E-state index in [4.69, 9.17) is 0 Å². The van der Waals surface area contributed by atoms with Crippen LogP contribution in [0.5, 0.6) is 0 Å². The number of pyridine rings is 1. The van der Waals surface area contributed by atoms with E-state index in [9.17, 15) is 0 Å². The van der Waals surface area contributed by atoms with Gasteiger partial charge in [0.15, 0.2) is 0 Å². The van der Waals surface area contributed by atoms with Crippen LogP contribution in [-0.4, -0.2) is 21.7 Å². The number of rotatable bonds is 1. The largest absolute Gasteiger partial charge is 0.378 e. The molecule has 0 fully saturated rings. The van der Waals surface area contributed by atoms with Crippen molar-refractivity contribution >= 4 is 5.95 Å². The summed E-state index contributed by atoms with van der Waals surface area (Å²) < 4.78 is 2.10. The number of aromatic nitrogens is 4. The van der Waals surface area contributed by atoms with Gasteiger partial charge in [0, 0.05) is 11.3 Å². The predicted octanol–water partition coefficient (Wildman–Crippen LogP) is 0.185. The van der Waals surface area contributed by atoms with Gasteiger partial charge in [0.05, 0.1) is 13.1 Å². The van der Waals surface area contributed by atoms with Crippen LogP contribution in [0.2, 0.25) is 0 Å². The van der Waals surface area contributed by atoms with Gasteiger partial charge in [0.2, 0.25) is 0 Å². The lowest BCUT2D eigenvalue weighted by atomic mass is 10.3. The van der Waals surface area contributed by atoms with Crippen LogP contribution in [-0.2, 0) is 6.54 Å². The van der Waals surface area contributed by atoms with Crippen molar-refractivity contribution in [3.8, 4) is 11.5 Å². The zero-order chi connectivity index (χ0) is 9.38. The number of nitrogens with one attached hydrogen (secondary N) is 2. The fourth-order valence-electron chi connectivity index (χ4n) is 1.66. The van der Waals surface area contributed by atoms with Gasteiger partial charge in [0.1, 0.15) is 5.69 Å². The van der Waals surface area contributed by atoms with Crippen LogP contribution in [0.3, 0.4) is 0 Å². The minimum atomic E-state index is 0.894. The van der Waals surface area contributed by atoms with E-state index in [0.717, 1.165) is 30.6 Å². The third kappa shape index (κ3) is 0.985. The fourth-order valence-corrected chi connectivity index (χ4v) is 1.66. The number of aromatic amines is 1. The lowest BCUT2D eigenvalue weighted by Gasteiger charge is -1.94. The van der Waals surface area contributed by atoms with Gasteiger partial charge in [-0.25, -0.2) is 4.57 Å². The maximum atomic E-state index is 4.28. The third-order valence-electron chi connectivity index (χ3n) is 2.32. The summed E-state index contributed by atoms with van der Waals surface area (Å²) in [6.07, 6.45) is 1.78. The molecule has 0 saturated heterocycles. The Morgan fingerprint density at radius 2 is 2.36 bits per heavy atom. The highest BCUT2D eigenvalue weighted by Crippen LogP contribution is 2.12. The van der Waals surface area contributed by atoms with Crippen LogP contribution in [0, 0.1) is 0 Å². The minimum Gasteiger partial charge on any atom is -0.289 e. The summed E-state index contributed by atoms with van der Waals surface area (Å²) in [6.45, 7) is 1.88. The van der Waals surface area contributed by atoms with E-state index in [1.165, 1.54) is 0 Å². The second-order valence-corrected chi connectivity index (χ2v) is 3.19. The van der Waals surface area contributed by atoms with Crippen molar-refractivity contribution in [2.24, 2.45) is 0 Å². The second kappa shape index (κ2) is 2.80. The molecule has 14 heavy (non-hydrogen) atoms. The van der Waals surface area contributed by atoms with Crippen molar-refractivity contribution in [2.75, 3.05) is 11.9 Å². The molecule has 70 valence electrons. The zero-order valence-electron chi connectivity index (χ0n) is 7.57. The molecule has 0 aliphatic carbocycles. The Hall–Kier alpha value is -1.91. The quantitative estimate of drug-likeness (QED) is 0.628. The zero-order valence-corrected chi connectivity index (χ0v) is 7.57. The Morgan fingerprint density at radius 3 is 3.21 bits per heavy atom. The molecule has 0 spiro atoms. The Kier molecular flexibility index (Phi) is 1.50. The summed E-state index contributed by atoms with van der Waals surface area (Å²) in [5, 5.41) is 10.3. The first kappa shape index (κ1) is 7.49. The van der Waals surface area contributed by atoms with E-state index in [0.29, 0.717) is 0 Å². The van der Waals surface area contributed by atoms with Gasteiger partial charge in [-0.1, -0.05) is 6.07 Å². The molecule has 2 N–H and O–H groups in total. The molecule has 3 heterocycles. The summed E-state index contributed by atoms with van der Waals surface area (Å²) in [5.41, 5.74) is 0.926. The molecule has 0 aromatic carbocycles. The van der Waals surface area contributed by atoms with Gasteiger partial charge in [-0.3, -0.25) is 10.3 Å². The molecule has 3 rings (SSSR count). The highest BCUT2D eigenvalue weighted by atomic mass is 15.4. The lowest BCUT2D eigenvalue weighted by Crippen LogP contribution is -2.31. The van der Waals surface area contributed by atoms with E-state index in [1.54, 1.807) is 6.20 Å². The van der Waals surface area contributed by atoms with Crippen molar-refractivity contribution in [3.63, 3.8) is 0 Å². The molecule has 0 unspecified atom stereocenters. The number of hydrogen-bond donors (Lipinski definition) is 2. The van der Waals surface area contributed by atoms with Crippen LogP contribution in [0.4, 0.5) is 5.95 Å². The topological polar surface area (TPSA) is 57.5 Å². The van der Waals surface area contributed by atoms with Gasteiger partial charge in [-0.05, 0) is 12.1 Å². The van der Waals surface area contributed by atoms with Crippen LogP contribution >= 0.6 is 0 Å². The first-order valence-corrected chi connectivity index (χ1v) is 4.58. The monoisotopic (exact) mass is 188 g/mol. The van der Waals surface area contributed by atoms with E-state index >= 15 is 0 Å². The molecule has 1 aliphatic heterocycles. The smallest absolute Gasteiger partial charge is 0.289 e. The molecule has 0 amide bonds. The predicted molar refractivity (Wildman–Crippen MR) is 50.5 cm³/mol. The number of fused-ring (bicyclic) bond motifs is 1. The van der Waals surface area contributed by atoms with Crippen LogP contribution in [0.25, 0.3) is 11.5 Å². The lowest BCUT2D eigenvalue weighted by molar-refractivity contribution is -0.659. The first-order chi connectivity index (χ1) is 6.95. The number of hydrogen-bond acceptors (Lipinski definition) is 3. The molecule has 1 aliphatic rings. The average molecular weight is 188 g/mol. The molecule has 2 aromatic rings. The average Bonchev–Trinajstić information content (AvgIpc) is 2.79. The molecule has 0 saturated carbocycles. The molecule has 0 radical (unpaired) electrons. The highest BCUT2D eigenvalue weighted by Gasteiger charge is 2.25. The fraction of sp³-hybridized carbons (Fsp3) is 0.222. The Bertz CT molecular complexity index is 447. The Balaban J connectivity index is 2.13. The van der Waals surface area contributed by atoms with Crippen molar-refractivity contribution in [1.29, 1.82) is 0 Å². The van der Waals surface area contributed by atoms with Gasteiger partial charge < -0.3 is 0 Å². The van der Waals surface area contributed by atoms with E-state index in [1.807, 2.05) is 18.2 Å². The summed E-state index contributed by atoms with van der Waals surface area (Å²) in [5.74, 6) is 1.86. The van der Waals surface area contributed by atoms with Crippen molar-refractivity contribution in [3.05, 3.63) is 24.4 Å². The molecular formula is C9H10N5+. The standard InChI is InChI=1S/C9H9N5/c1-2-4-10-7(3-1)8-12-13-9-11-5-6-14(8)9/h1-4H,5-6H2,(H,10,11,13)/p+1. The SMILES string of the molecule is c1ccc(-c2[nH]nc3[n+]2CCN3)nc1. The van der Waals surface area contributed by atoms with Crippen LogP contribution in [0.15, 0.2) is 24.4 Å². The second-order valence-electron chi connectivity index (χ2n) is 3.19. The maximum Gasteiger partial charge on any atom is 0.378 e. The molecule has 0 atom stereocenters. The van der Waals surface area contributed by atoms with Crippen molar-refractivity contribution in [2.45, 2.75) is 6.54 Å². The summed E-state index contributed by atoms with van der Waals surface area (Å²) >= 11 is 0. The van der Waals surface area contributed by atoms with Crippen LogP contribution in [0.1, 0.15) is 0 Å². The normalized spacial score (nSPS) is 13.7. The van der Waals surface area contributed by atoms with Gasteiger partial charge in [-0.2, -0.15) is 5.10 Å². The molecule has 5 nitrogen and oxygen atoms in total. The Morgan fingerprint density at radius 1 is 1.36 bits per heavy atom. The summed E-state index contributed by atoms with van der Waals surface area (Å²) in [7, 11) is 0. The molecule has 0 bridgehead atoms. The van der Waals surface area contributed by atoms with E-state index < -0.39 is 0 Å². The number of nitrogens with zero attached hydrogens (tertiary/aromatic N) is 3.